The summed E-state index contributed by atoms with van der Waals surface area (Å²) in [5.74, 6) is -0.00866. The summed E-state index contributed by atoms with van der Waals surface area (Å²) in [5.41, 5.74) is 3.17. The largest absolute Gasteiger partial charge is 0.497 e. The van der Waals surface area contributed by atoms with Crippen LogP contribution >= 0.6 is 15.9 Å². The molecule has 5 rings (SSSR count). The van der Waals surface area contributed by atoms with Crippen molar-refractivity contribution in [1.82, 2.24) is 9.78 Å². The van der Waals surface area contributed by atoms with Crippen LogP contribution in [0.1, 0.15) is 28.9 Å². The van der Waals surface area contributed by atoms with Crippen LogP contribution in [-0.2, 0) is 4.79 Å². The molecule has 4 aromatic rings. The van der Waals surface area contributed by atoms with Crippen LogP contribution in [0.4, 0.5) is 21.6 Å². The molecule has 10 heteroatoms. The highest BCUT2D eigenvalue weighted by Crippen LogP contribution is 2.38. The Hall–Kier alpha value is -4.44. The topological polar surface area (TPSA) is 97.3 Å². The van der Waals surface area contributed by atoms with Gasteiger partial charge in [-0.2, -0.15) is 5.10 Å². The molecular formula is C28H23BrFN5O3. The number of halogens is 2. The number of anilines is 3. The highest BCUT2D eigenvalue weighted by Gasteiger charge is 2.35. The molecule has 3 aromatic carbocycles. The number of carbonyl (C=O) groups excluding carboxylic acids is 2. The van der Waals surface area contributed by atoms with Gasteiger partial charge in [-0.15, -0.1) is 0 Å². The van der Waals surface area contributed by atoms with Gasteiger partial charge in [-0.1, -0.05) is 28.1 Å². The van der Waals surface area contributed by atoms with Crippen LogP contribution < -0.4 is 20.7 Å². The molecule has 0 radical (unpaired) electrons. The van der Waals surface area contributed by atoms with E-state index in [1.54, 1.807) is 43.0 Å². The molecule has 0 aliphatic carbocycles. The Morgan fingerprint density at radius 3 is 2.18 bits per heavy atom. The molecule has 2 amide bonds. The molecule has 3 N–H and O–H groups in total. The number of hydrogen-bond acceptors (Lipinski definition) is 5. The Balaban J connectivity index is 1.51. The molecule has 192 valence electrons. The van der Waals surface area contributed by atoms with Crippen LogP contribution in [0.3, 0.4) is 0 Å². The zero-order valence-electron chi connectivity index (χ0n) is 20.5. The summed E-state index contributed by atoms with van der Waals surface area (Å²) in [7, 11) is 1.58. The monoisotopic (exact) mass is 575 g/mol. The van der Waals surface area contributed by atoms with Gasteiger partial charge in [-0.3, -0.25) is 9.59 Å². The van der Waals surface area contributed by atoms with Crippen molar-refractivity contribution in [2.45, 2.75) is 13.0 Å². The molecule has 0 unspecified atom stereocenters. The predicted octanol–water partition coefficient (Wildman–Crippen LogP) is 5.97. The Morgan fingerprint density at radius 1 is 0.947 bits per heavy atom. The minimum Gasteiger partial charge on any atom is -0.497 e. The minimum absolute atomic E-state index is 0.283. The third-order valence-corrected chi connectivity index (χ3v) is 6.68. The smallest absolute Gasteiger partial charge is 0.261 e. The third-order valence-electron chi connectivity index (χ3n) is 6.15. The van der Waals surface area contributed by atoms with E-state index in [2.05, 4.69) is 37.0 Å². The summed E-state index contributed by atoms with van der Waals surface area (Å²) < 4.78 is 21.0. The van der Waals surface area contributed by atoms with Crippen LogP contribution in [0.15, 0.2) is 94.7 Å². The van der Waals surface area contributed by atoms with E-state index >= 15 is 0 Å². The van der Waals surface area contributed by atoms with Crippen molar-refractivity contribution >= 4 is 44.9 Å². The van der Waals surface area contributed by atoms with E-state index in [4.69, 9.17) is 4.74 Å². The maximum absolute atomic E-state index is 13.6. The summed E-state index contributed by atoms with van der Waals surface area (Å²) in [4.78, 5) is 26.7. The summed E-state index contributed by atoms with van der Waals surface area (Å²) in [6, 6.07) is 19.5. The van der Waals surface area contributed by atoms with E-state index in [1.807, 2.05) is 24.3 Å². The maximum atomic E-state index is 13.6. The van der Waals surface area contributed by atoms with Crippen molar-refractivity contribution in [3.63, 3.8) is 0 Å². The van der Waals surface area contributed by atoms with Crippen molar-refractivity contribution < 1.29 is 18.7 Å². The number of fused-ring (bicyclic) bond motifs is 1. The number of rotatable bonds is 6. The molecule has 1 aliphatic heterocycles. The van der Waals surface area contributed by atoms with Crippen molar-refractivity contribution in [3.05, 3.63) is 112 Å². The van der Waals surface area contributed by atoms with Gasteiger partial charge < -0.3 is 20.7 Å². The number of hydrogen-bond donors (Lipinski definition) is 3. The van der Waals surface area contributed by atoms with Crippen molar-refractivity contribution in [3.8, 4) is 5.75 Å². The molecule has 38 heavy (non-hydrogen) atoms. The average Bonchev–Trinajstić information content (AvgIpc) is 3.33. The number of allylic oxidation sites excluding steroid dienone is 1. The summed E-state index contributed by atoms with van der Waals surface area (Å²) >= 11 is 3.46. The summed E-state index contributed by atoms with van der Waals surface area (Å²) in [6.45, 7) is 1.78. The zero-order valence-corrected chi connectivity index (χ0v) is 22.0. The highest BCUT2D eigenvalue weighted by atomic mass is 79.9. The first-order chi connectivity index (χ1) is 18.3. The maximum Gasteiger partial charge on any atom is 0.261 e. The molecule has 0 fully saturated rings. The van der Waals surface area contributed by atoms with E-state index in [0.29, 0.717) is 34.2 Å². The van der Waals surface area contributed by atoms with Gasteiger partial charge in [0.2, 0.25) is 0 Å². The zero-order chi connectivity index (χ0) is 26.8. The first-order valence-corrected chi connectivity index (χ1v) is 12.5. The molecule has 0 saturated heterocycles. The first kappa shape index (κ1) is 25.2. The van der Waals surface area contributed by atoms with Crippen molar-refractivity contribution in [1.29, 1.82) is 0 Å². The Bertz CT molecular complexity index is 1530. The molecule has 1 aliphatic rings. The Morgan fingerprint density at radius 2 is 1.55 bits per heavy atom. The van der Waals surface area contributed by atoms with Crippen LogP contribution in [0.25, 0.3) is 0 Å². The predicted molar refractivity (Wildman–Crippen MR) is 147 cm³/mol. The lowest BCUT2D eigenvalue weighted by atomic mass is 9.94. The lowest BCUT2D eigenvalue weighted by Crippen LogP contribution is -2.32. The molecule has 1 atom stereocenters. The number of amides is 2. The second kappa shape index (κ2) is 10.5. The number of nitrogens with one attached hydrogen (secondary N) is 3. The quantitative estimate of drug-likeness (QED) is 0.263. The van der Waals surface area contributed by atoms with Gasteiger partial charge in [-0.05, 0) is 73.2 Å². The van der Waals surface area contributed by atoms with E-state index in [0.717, 1.165) is 10.0 Å². The number of carbonyl (C=O) groups is 2. The van der Waals surface area contributed by atoms with Gasteiger partial charge in [0.1, 0.15) is 29.0 Å². The van der Waals surface area contributed by atoms with E-state index in [9.17, 15) is 14.0 Å². The molecule has 0 saturated carbocycles. The number of aromatic nitrogens is 2. The second-order valence-corrected chi connectivity index (χ2v) is 9.53. The fourth-order valence-electron chi connectivity index (χ4n) is 4.27. The Kier molecular flexibility index (Phi) is 6.97. The number of nitrogens with zero attached hydrogens (tertiary/aromatic N) is 2. The van der Waals surface area contributed by atoms with Gasteiger partial charge in [0.05, 0.1) is 18.9 Å². The van der Waals surface area contributed by atoms with E-state index in [-0.39, 0.29) is 11.5 Å². The third kappa shape index (κ3) is 5.03. The fourth-order valence-corrected chi connectivity index (χ4v) is 4.54. The molecule has 2 heterocycles. The van der Waals surface area contributed by atoms with Gasteiger partial charge in [0, 0.05) is 21.5 Å². The van der Waals surface area contributed by atoms with Gasteiger partial charge >= 0.3 is 0 Å². The van der Waals surface area contributed by atoms with Crippen molar-refractivity contribution in [2.75, 3.05) is 23.1 Å². The van der Waals surface area contributed by atoms with Crippen LogP contribution in [-0.4, -0.2) is 28.7 Å². The Labute approximate surface area is 226 Å². The van der Waals surface area contributed by atoms with Gasteiger partial charge in [0.15, 0.2) is 0 Å². The SMILES string of the molecule is COc1ccc(NC(=O)C2=C(C)Nc3c(C(=O)Nc4ccc(F)cc4)cnn3[C@H]2c2ccc(Br)cc2)cc1. The number of benzene rings is 3. The summed E-state index contributed by atoms with van der Waals surface area (Å²) in [6.07, 6.45) is 1.45. The number of methoxy groups -OCH3 is 1. The first-order valence-electron chi connectivity index (χ1n) is 11.7. The average molecular weight is 576 g/mol. The van der Waals surface area contributed by atoms with Crippen LogP contribution in [0, 0.1) is 5.82 Å². The number of ether oxygens (including phenoxy) is 1. The van der Waals surface area contributed by atoms with Crippen LogP contribution in [0.2, 0.25) is 0 Å². The molecule has 8 nitrogen and oxygen atoms in total. The molecule has 0 spiro atoms. The lowest BCUT2D eigenvalue weighted by Gasteiger charge is -2.30. The molecular weight excluding hydrogens is 553 g/mol. The summed E-state index contributed by atoms with van der Waals surface area (Å²) in [5, 5.41) is 13.4. The standard InChI is InChI=1S/C28H23BrFN5O3/c1-16-24(28(37)34-21-11-13-22(38-2)14-12-21)25(17-3-5-18(29)6-4-17)35-26(32-16)23(15-31-35)27(36)33-20-9-7-19(30)8-10-20/h3-15,25,32H,1-2H3,(H,33,36)(H,34,37)/t25-/m0/s1. The van der Waals surface area contributed by atoms with E-state index < -0.39 is 17.8 Å². The van der Waals surface area contributed by atoms with Crippen molar-refractivity contribution in [2.24, 2.45) is 0 Å². The normalized spacial score (nSPS) is 14.4. The molecule has 0 bridgehead atoms. The fraction of sp³-hybridized carbons (Fsp3) is 0.107. The minimum atomic E-state index is -0.607. The van der Waals surface area contributed by atoms with Gasteiger partial charge in [-0.25, -0.2) is 9.07 Å². The lowest BCUT2D eigenvalue weighted by molar-refractivity contribution is -0.113. The van der Waals surface area contributed by atoms with E-state index in [1.165, 1.54) is 30.5 Å². The van der Waals surface area contributed by atoms with Gasteiger partial charge in [0.25, 0.3) is 11.8 Å². The second-order valence-electron chi connectivity index (χ2n) is 8.61. The van der Waals surface area contributed by atoms with Crippen LogP contribution in [0.5, 0.6) is 5.75 Å². The molecule has 1 aromatic heterocycles. The highest BCUT2D eigenvalue weighted by molar-refractivity contribution is 9.10.